The van der Waals surface area contributed by atoms with E-state index in [4.69, 9.17) is 21.1 Å². The zero-order valence-corrected chi connectivity index (χ0v) is 19.1. The van der Waals surface area contributed by atoms with Crippen LogP contribution in [0.25, 0.3) is 11.3 Å². The van der Waals surface area contributed by atoms with Gasteiger partial charge in [0.2, 0.25) is 11.0 Å². The highest BCUT2D eigenvalue weighted by atomic mass is 35.5. The van der Waals surface area contributed by atoms with Crippen LogP contribution in [-0.2, 0) is 4.74 Å². The first-order valence-corrected chi connectivity index (χ1v) is 11.3. The molecule has 0 atom stereocenters. The van der Waals surface area contributed by atoms with Crippen molar-refractivity contribution in [3.05, 3.63) is 88.4 Å². The number of hydrogen-bond donors (Lipinski definition) is 1. The maximum atomic E-state index is 11.9. The van der Waals surface area contributed by atoms with E-state index in [1.165, 1.54) is 23.6 Å². The second kappa shape index (κ2) is 10.7. The van der Waals surface area contributed by atoms with Crippen molar-refractivity contribution in [2.45, 2.75) is 6.92 Å². The van der Waals surface area contributed by atoms with E-state index in [1.54, 1.807) is 37.4 Å². The van der Waals surface area contributed by atoms with Gasteiger partial charge in [-0.05, 0) is 36.8 Å². The van der Waals surface area contributed by atoms with E-state index in [2.05, 4.69) is 20.5 Å². The molecule has 4 aromatic rings. The van der Waals surface area contributed by atoms with Crippen molar-refractivity contribution < 1.29 is 14.3 Å². The monoisotopic (exact) mass is 478 g/mol. The summed E-state index contributed by atoms with van der Waals surface area (Å²) in [6.45, 7) is 2.04. The lowest BCUT2D eigenvalue weighted by molar-refractivity contribution is 0.0526. The van der Waals surface area contributed by atoms with Crippen molar-refractivity contribution >= 4 is 40.3 Å². The Morgan fingerprint density at radius 3 is 2.82 bits per heavy atom. The minimum Gasteiger partial charge on any atom is -0.462 e. The van der Waals surface area contributed by atoms with Gasteiger partial charge in [-0.3, -0.25) is 5.43 Å². The van der Waals surface area contributed by atoms with Gasteiger partial charge in [-0.1, -0.05) is 41.9 Å². The van der Waals surface area contributed by atoms with E-state index >= 15 is 0 Å². The number of hydrogen-bond acceptors (Lipinski definition) is 8. The molecule has 9 heteroatoms. The van der Waals surface area contributed by atoms with Gasteiger partial charge in [0.15, 0.2) is 0 Å². The number of nitrogens with zero attached hydrogens (tertiary/aromatic N) is 3. The fourth-order valence-electron chi connectivity index (χ4n) is 2.83. The standard InChI is InChI=1S/C24H19ClN4O3S/c1-2-31-23(30)18-10-11-26-22(13-18)32-21-9-8-16(12-19(21)25)14-27-29-24-28-20(15-33-24)17-6-4-3-5-7-17/h3-15H,2H2,1H3,(H,28,29). The first-order valence-electron chi connectivity index (χ1n) is 10.0. The van der Waals surface area contributed by atoms with Crippen molar-refractivity contribution in [2.24, 2.45) is 5.10 Å². The summed E-state index contributed by atoms with van der Waals surface area (Å²) in [5.41, 5.74) is 6.00. The van der Waals surface area contributed by atoms with Crippen LogP contribution in [0.15, 0.2) is 77.3 Å². The summed E-state index contributed by atoms with van der Waals surface area (Å²) >= 11 is 7.83. The number of anilines is 1. The summed E-state index contributed by atoms with van der Waals surface area (Å²) in [7, 11) is 0. The summed E-state index contributed by atoms with van der Waals surface area (Å²) < 4.78 is 10.7. The van der Waals surface area contributed by atoms with Crippen LogP contribution in [0.3, 0.4) is 0 Å². The first-order chi connectivity index (χ1) is 16.1. The van der Waals surface area contributed by atoms with Crippen molar-refractivity contribution in [1.29, 1.82) is 0 Å². The Hall–Kier alpha value is -3.75. The molecule has 0 aliphatic heterocycles. The van der Waals surface area contributed by atoms with Crippen LogP contribution >= 0.6 is 22.9 Å². The number of esters is 1. The quantitative estimate of drug-likeness (QED) is 0.182. The SMILES string of the molecule is CCOC(=O)c1ccnc(Oc2ccc(C=NNc3nc(-c4ccccc4)cs3)cc2Cl)c1. The average Bonchev–Trinajstić information content (AvgIpc) is 3.31. The Labute approximate surface area is 199 Å². The van der Waals surface area contributed by atoms with Crippen molar-refractivity contribution in [3.63, 3.8) is 0 Å². The van der Waals surface area contributed by atoms with Crippen molar-refractivity contribution in [1.82, 2.24) is 9.97 Å². The number of benzene rings is 2. The Morgan fingerprint density at radius 1 is 1.18 bits per heavy atom. The molecule has 4 rings (SSSR count). The molecule has 0 amide bonds. The highest BCUT2D eigenvalue weighted by molar-refractivity contribution is 7.14. The van der Waals surface area contributed by atoms with Crippen LogP contribution in [0.1, 0.15) is 22.8 Å². The molecule has 0 bridgehead atoms. The summed E-state index contributed by atoms with van der Waals surface area (Å²) in [4.78, 5) is 20.5. The number of thiazole rings is 1. The fraction of sp³-hybridized carbons (Fsp3) is 0.0833. The summed E-state index contributed by atoms with van der Waals surface area (Å²) in [5.74, 6) is 0.206. The Bertz CT molecular complexity index is 1280. The topological polar surface area (TPSA) is 85.7 Å². The molecule has 0 aliphatic carbocycles. The van der Waals surface area contributed by atoms with E-state index in [0.29, 0.717) is 21.5 Å². The number of rotatable bonds is 8. The Balaban J connectivity index is 1.39. The summed E-state index contributed by atoms with van der Waals surface area (Å²) in [5, 5.41) is 7.27. The van der Waals surface area contributed by atoms with Gasteiger partial charge < -0.3 is 9.47 Å². The van der Waals surface area contributed by atoms with Gasteiger partial charge in [0.25, 0.3) is 0 Å². The molecular weight excluding hydrogens is 460 g/mol. The lowest BCUT2D eigenvalue weighted by atomic mass is 10.2. The molecule has 0 saturated heterocycles. The van der Waals surface area contributed by atoms with Gasteiger partial charge in [0.1, 0.15) is 5.75 Å². The van der Waals surface area contributed by atoms with E-state index in [1.807, 2.05) is 35.7 Å². The highest BCUT2D eigenvalue weighted by Crippen LogP contribution is 2.29. The zero-order valence-electron chi connectivity index (χ0n) is 17.6. The summed E-state index contributed by atoms with van der Waals surface area (Å²) in [6, 6.07) is 18.2. The number of ether oxygens (including phenoxy) is 2. The number of halogens is 1. The fourth-order valence-corrected chi connectivity index (χ4v) is 3.72. The average molecular weight is 479 g/mol. The maximum Gasteiger partial charge on any atom is 0.338 e. The number of pyridine rings is 1. The third-order valence-corrected chi connectivity index (χ3v) is 5.41. The third kappa shape index (κ3) is 5.94. The van der Waals surface area contributed by atoms with Crippen LogP contribution in [0.4, 0.5) is 5.13 Å². The number of carbonyl (C=O) groups excluding carboxylic acids is 1. The Kier molecular flexibility index (Phi) is 7.29. The normalized spacial score (nSPS) is 10.8. The van der Waals surface area contributed by atoms with Crippen LogP contribution < -0.4 is 10.2 Å². The van der Waals surface area contributed by atoms with Crippen molar-refractivity contribution in [2.75, 3.05) is 12.0 Å². The number of nitrogens with one attached hydrogen (secondary N) is 1. The van der Waals surface area contributed by atoms with Gasteiger partial charge in [0.05, 0.1) is 29.1 Å². The molecule has 7 nitrogen and oxygen atoms in total. The molecule has 0 unspecified atom stereocenters. The lowest BCUT2D eigenvalue weighted by Gasteiger charge is -2.08. The van der Waals surface area contributed by atoms with E-state index in [-0.39, 0.29) is 12.5 Å². The number of aromatic nitrogens is 2. The van der Waals surface area contributed by atoms with Crippen molar-refractivity contribution in [3.8, 4) is 22.9 Å². The molecule has 2 aromatic carbocycles. The van der Waals surface area contributed by atoms with Crippen LogP contribution in [0, 0.1) is 0 Å². The third-order valence-electron chi connectivity index (χ3n) is 4.36. The molecule has 166 valence electrons. The van der Waals surface area contributed by atoms with Gasteiger partial charge in [0, 0.05) is 23.2 Å². The molecule has 2 heterocycles. The maximum absolute atomic E-state index is 11.9. The largest absolute Gasteiger partial charge is 0.462 e. The van der Waals surface area contributed by atoms with E-state index < -0.39 is 5.97 Å². The van der Waals surface area contributed by atoms with Crippen LogP contribution in [0.2, 0.25) is 5.02 Å². The van der Waals surface area contributed by atoms with Gasteiger partial charge in [-0.15, -0.1) is 11.3 Å². The molecule has 0 spiro atoms. The Morgan fingerprint density at radius 2 is 2.03 bits per heavy atom. The minimum absolute atomic E-state index is 0.239. The first kappa shape index (κ1) is 22.4. The van der Waals surface area contributed by atoms with Gasteiger partial charge in [-0.2, -0.15) is 5.10 Å². The molecule has 0 aliphatic rings. The summed E-state index contributed by atoms with van der Waals surface area (Å²) in [6.07, 6.45) is 3.11. The number of carbonyl (C=O) groups is 1. The minimum atomic E-state index is -0.439. The van der Waals surface area contributed by atoms with Crippen LogP contribution in [0.5, 0.6) is 11.6 Å². The molecule has 0 saturated carbocycles. The highest BCUT2D eigenvalue weighted by Gasteiger charge is 2.10. The predicted molar refractivity (Wildman–Crippen MR) is 130 cm³/mol. The molecule has 33 heavy (non-hydrogen) atoms. The predicted octanol–water partition coefficient (Wildman–Crippen LogP) is 6.27. The van der Waals surface area contributed by atoms with Gasteiger partial charge in [-0.25, -0.2) is 14.8 Å². The number of hydrazone groups is 1. The molecule has 1 N–H and O–H groups in total. The lowest BCUT2D eigenvalue weighted by Crippen LogP contribution is -2.05. The molecule has 2 aromatic heterocycles. The molecular formula is C24H19ClN4O3S. The van der Waals surface area contributed by atoms with Gasteiger partial charge >= 0.3 is 5.97 Å². The second-order valence-electron chi connectivity index (χ2n) is 6.67. The second-order valence-corrected chi connectivity index (χ2v) is 7.93. The molecule has 0 radical (unpaired) electrons. The van der Waals surface area contributed by atoms with Crippen LogP contribution in [-0.4, -0.2) is 28.8 Å². The van der Waals surface area contributed by atoms with E-state index in [9.17, 15) is 4.79 Å². The zero-order chi connectivity index (χ0) is 23.0. The smallest absolute Gasteiger partial charge is 0.338 e. The van der Waals surface area contributed by atoms with E-state index in [0.717, 1.165) is 16.8 Å². The molecule has 0 fully saturated rings.